The van der Waals surface area contributed by atoms with Crippen molar-refractivity contribution in [1.82, 2.24) is 10.2 Å². The molecule has 1 aromatic carbocycles. The third-order valence-corrected chi connectivity index (χ3v) is 4.30. The number of hydrogen-bond acceptors (Lipinski definition) is 6. The van der Waals surface area contributed by atoms with Crippen LogP contribution in [0.15, 0.2) is 53.2 Å². The molecule has 154 valence electrons. The highest BCUT2D eigenvalue weighted by Crippen LogP contribution is 2.11. The molecule has 29 heavy (non-hydrogen) atoms. The number of ether oxygens (including phenoxy) is 1. The lowest BCUT2D eigenvalue weighted by Gasteiger charge is -2.17. The predicted molar refractivity (Wildman–Crippen MR) is 117 cm³/mol. The van der Waals surface area contributed by atoms with Crippen LogP contribution in [0.5, 0.6) is 0 Å². The Labute approximate surface area is 175 Å². The number of benzene rings is 1. The first-order valence-electron chi connectivity index (χ1n) is 9.35. The molecule has 1 heterocycles. The van der Waals surface area contributed by atoms with E-state index in [0.29, 0.717) is 30.2 Å². The quantitative estimate of drug-likeness (QED) is 0.369. The zero-order chi connectivity index (χ0) is 21.1. The molecule has 0 aliphatic rings. The minimum Gasteiger partial charge on any atom is -0.465 e. The number of hydrogen-bond donors (Lipinski definition) is 2. The fourth-order valence-corrected chi connectivity index (χ4v) is 2.66. The van der Waals surface area contributed by atoms with Crippen LogP contribution in [-0.2, 0) is 9.53 Å². The van der Waals surface area contributed by atoms with Crippen LogP contribution in [0.1, 0.15) is 30.0 Å². The first-order chi connectivity index (χ1) is 14.0. The van der Waals surface area contributed by atoms with Gasteiger partial charge in [-0.1, -0.05) is 13.8 Å². The van der Waals surface area contributed by atoms with Gasteiger partial charge in [0, 0.05) is 18.3 Å². The molecule has 7 nitrogen and oxygen atoms in total. The number of carbonyl (C=O) groups is 2. The van der Waals surface area contributed by atoms with E-state index in [0.717, 1.165) is 13.1 Å². The maximum Gasteiger partial charge on any atom is 0.338 e. The highest BCUT2D eigenvalue weighted by Gasteiger charge is 2.09. The predicted octanol–water partition coefficient (Wildman–Crippen LogP) is 3.30. The summed E-state index contributed by atoms with van der Waals surface area (Å²) in [6.07, 6.45) is 4.39. The minimum absolute atomic E-state index is 0.147. The second kappa shape index (κ2) is 11.8. The summed E-state index contributed by atoms with van der Waals surface area (Å²) in [5, 5.41) is 5.57. The van der Waals surface area contributed by atoms with Gasteiger partial charge in [-0.15, -0.1) is 0 Å². The molecule has 8 heteroatoms. The lowest BCUT2D eigenvalue weighted by atomic mass is 10.2. The number of carbonyl (C=O) groups excluding carboxylic acids is 2. The van der Waals surface area contributed by atoms with Crippen LogP contribution in [0.4, 0.5) is 5.69 Å². The molecule has 0 spiro atoms. The van der Waals surface area contributed by atoms with Gasteiger partial charge in [-0.3, -0.25) is 10.1 Å². The minimum atomic E-state index is -0.382. The molecule has 2 aromatic rings. The SMILES string of the molecule is CCN(CC)CCOC(=O)c1ccc(NC(=S)NC(=O)/C=C/c2ccco2)cc1. The molecule has 2 rings (SSSR count). The van der Waals surface area contributed by atoms with Gasteiger partial charge in [0.05, 0.1) is 11.8 Å². The lowest BCUT2D eigenvalue weighted by molar-refractivity contribution is -0.115. The van der Waals surface area contributed by atoms with E-state index in [2.05, 4.69) is 29.4 Å². The Kier molecular flexibility index (Phi) is 9.07. The van der Waals surface area contributed by atoms with Gasteiger partial charge < -0.3 is 19.4 Å². The van der Waals surface area contributed by atoms with Crippen LogP contribution in [0.3, 0.4) is 0 Å². The smallest absolute Gasteiger partial charge is 0.338 e. The summed E-state index contributed by atoms with van der Waals surface area (Å²) in [6, 6.07) is 10.1. The van der Waals surface area contributed by atoms with Crippen LogP contribution in [-0.4, -0.2) is 48.1 Å². The first-order valence-corrected chi connectivity index (χ1v) is 9.75. The molecule has 0 atom stereocenters. The largest absolute Gasteiger partial charge is 0.465 e. The Balaban J connectivity index is 1.78. The summed E-state index contributed by atoms with van der Waals surface area (Å²) in [4.78, 5) is 26.1. The van der Waals surface area contributed by atoms with E-state index in [4.69, 9.17) is 21.4 Å². The maximum absolute atomic E-state index is 12.1. The first kappa shape index (κ1) is 22.3. The molecule has 0 saturated heterocycles. The zero-order valence-corrected chi connectivity index (χ0v) is 17.3. The molecule has 0 aliphatic heterocycles. The van der Waals surface area contributed by atoms with Gasteiger partial charge in [0.15, 0.2) is 5.11 Å². The molecule has 0 bridgehead atoms. The van der Waals surface area contributed by atoms with E-state index in [1.807, 2.05) is 0 Å². The van der Waals surface area contributed by atoms with E-state index in [9.17, 15) is 9.59 Å². The highest BCUT2D eigenvalue weighted by molar-refractivity contribution is 7.80. The van der Waals surface area contributed by atoms with Crippen molar-refractivity contribution in [2.75, 3.05) is 31.6 Å². The average molecular weight is 416 g/mol. The Morgan fingerprint density at radius 2 is 1.90 bits per heavy atom. The number of thiocarbonyl (C=S) groups is 1. The van der Waals surface area contributed by atoms with Crippen molar-refractivity contribution in [1.29, 1.82) is 0 Å². The van der Waals surface area contributed by atoms with E-state index < -0.39 is 0 Å². The van der Waals surface area contributed by atoms with E-state index in [1.54, 1.807) is 42.5 Å². The standard InChI is InChI=1S/C21H25N3O4S/c1-3-24(4-2)13-15-28-20(26)16-7-9-17(10-8-16)22-21(29)23-19(25)12-11-18-6-5-14-27-18/h5-12,14H,3-4,13,15H2,1-2H3,(H2,22,23,25,29)/b12-11+. The Morgan fingerprint density at radius 1 is 1.17 bits per heavy atom. The number of amides is 1. The molecule has 0 saturated carbocycles. The topological polar surface area (TPSA) is 83.8 Å². The number of likely N-dealkylation sites (N-methyl/N-ethyl adjacent to an activating group) is 1. The van der Waals surface area contributed by atoms with Gasteiger partial charge in [-0.25, -0.2) is 4.79 Å². The number of rotatable bonds is 9. The molecular weight excluding hydrogens is 390 g/mol. The number of esters is 1. The van der Waals surface area contributed by atoms with Crippen LogP contribution in [0.2, 0.25) is 0 Å². The lowest BCUT2D eigenvalue weighted by Crippen LogP contribution is -2.32. The third kappa shape index (κ3) is 7.89. The van der Waals surface area contributed by atoms with E-state index in [-0.39, 0.29) is 17.0 Å². The number of furan rings is 1. The summed E-state index contributed by atoms with van der Waals surface area (Å²) in [7, 11) is 0. The van der Waals surface area contributed by atoms with Gasteiger partial charge in [0.25, 0.3) is 0 Å². The molecule has 2 N–H and O–H groups in total. The zero-order valence-electron chi connectivity index (χ0n) is 16.5. The molecular formula is C21H25N3O4S. The van der Waals surface area contributed by atoms with Crippen molar-refractivity contribution in [3.05, 3.63) is 60.1 Å². The fraction of sp³-hybridized carbons (Fsp3) is 0.286. The monoisotopic (exact) mass is 415 g/mol. The van der Waals surface area contributed by atoms with Crippen molar-refractivity contribution >= 4 is 41.0 Å². The Bertz CT molecular complexity index is 828. The van der Waals surface area contributed by atoms with Gasteiger partial charge >= 0.3 is 5.97 Å². The number of nitrogens with one attached hydrogen (secondary N) is 2. The normalized spacial score (nSPS) is 10.9. The van der Waals surface area contributed by atoms with Crippen molar-refractivity contribution in [2.24, 2.45) is 0 Å². The van der Waals surface area contributed by atoms with Crippen LogP contribution in [0.25, 0.3) is 6.08 Å². The summed E-state index contributed by atoms with van der Waals surface area (Å²) in [6.45, 7) is 7.04. The van der Waals surface area contributed by atoms with Gasteiger partial charge in [-0.2, -0.15) is 0 Å². The van der Waals surface area contributed by atoms with Crippen molar-refractivity contribution < 1.29 is 18.7 Å². The maximum atomic E-state index is 12.1. The van der Waals surface area contributed by atoms with Gasteiger partial charge in [0.1, 0.15) is 12.4 Å². The van der Waals surface area contributed by atoms with Crippen LogP contribution < -0.4 is 10.6 Å². The Morgan fingerprint density at radius 3 is 2.52 bits per heavy atom. The van der Waals surface area contributed by atoms with Gasteiger partial charge in [0.2, 0.25) is 5.91 Å². The Hall–Kier alpha value is -2.97. The van der Waals surface area contributed by atoms with Crippen molar-refractivity contribution in [3.8, 4) is 0 Å². The molecule has 0 unspecified atom stereocenters. The number of anilines is 1. The second-order valence-corrected chi connectivity index (χ2v) is 6.44. The molecule has 0 fully saturated rings. The molecule has 0 aliphatic carbocycles. The summed E-state index contributed by atoms with van der Waals surface area (Å²) in [5.74, 6) is -0.187. The summed E-state index contributed by atoms with van der Waals surface area (Å²) in [5.41, 5.74) is 1.09. The summed E-state index contributed by atoms with van der Waals surface area (Å²) < 4.78 is 10.4. The third-order valence-electron chi connectivity index (χ3n) is 4.09. The second-order valence-electron chi connectivity index (χ2n) is 6.03. The average Bonchev–Trinajstić information content (AvgIpc) is 3.23. The highest BCUT2D eigenvalue weighted by atomic mass is 32.1. The van der Waals surface area contributed by atoms with Gasteiger partial charge in [-0.05, 0) is 67.8 Å². The van der Waals surface area contributed by atoms with Crippen molar-refractivity contribution in [2.45, 2.75) is 13.8 Å². The molecule has 1 amide bonds. The van der Waals surface area contributed by atoms with Crippen LogP contribution >= 0.6 is 12.2 Å². The molecule has 1 aromatic heterocycles. The van der Waals surface area contributed by atoms with Crippen LogP contribution in [0, 0.1) is 0 Å². The molecule has 0 radical (unpaired) electrons. The van der Waals surface area contributed by atoms with Crippen molar-refractivity contribution in [3.63, 3.8) is 0 Å². The van der Waals surface area contributed by atoms with E-state index >= 15 is 0 Å². The summed E-state index contributed by atoms with van der Waals surface area (Å²) >= 11 is 5.12. The van der Waals surface area contributed by atoms with E-state index in [1.165, 1.54) is 12.3 Å². The number of nitrogens with zero attached hydrogens (tertiary/aromatic N) is 1. The fourth-order valence-electron chi connectivity index (χ4n) is 2.44.